The monoisotopic (exact) mass is 393 g/mol. The predicted molar refractivity (Wildman–Crippen MR) is 106 cm³/mol. The highest BCUT2D eigenvalue weighted by atomic mass is 32.2. The van der Waals surface area contributed by atoms with Crippen LogP contribution >= 0.6 is 0 Å². The van der Waals surface area contributed by atoms with Crippen molar-refractivity contribution in [1.82, 2.24) is 13.9 Å². The van der Waals surface area contributed by atoms with Gasteiger partial charge in [-0.05, 0) is 44.2 Å². The van der Waals surface area contributed by atoms with Crippen molar-refractivity contribution >= 4 is 16.1 Å². The lowest BCUT2D eigenvalue weighted by molar-refractivity contribution is -0.122. The molecule has 0 bridgehead atoms. The molecule has 0 atom stereocenters. The van der Waals surface area contributed by atoms with E-state index in [0.29, 0.717) is 19.6 Å². The van der Waals surface area contributed by atoms with Crippen molar-refractivity contribution in [2.75, 3.05) is 19.6 Å². The number of hydrogen-bond donors (Lipinski definition) is 1. The van der Waals surface area contributed by atoms with Gasteiger partial charge in [0.15, 0.2) is 0 Å². The van der Waals surface area contributed by atoms with Crippen molar-refractivity contribution in [1.29, 1.82) is 0 Å². The normalized spacial score (nSPS) is 21.9. The van der Waals surface area contributed by atoms with E-state index < -0.39 is 10.2 Å². The number of carbonyl (C=O) groups is 1. The fourth-order valence-corrected chi connectivity index (χ4v) is 5.61. The van der Waals surface area contributed by atoms with Crippen LogP contribution in [-0.2, 0) is 21.5 Å². The highest BCUT2D eigenvalue weighted by Crippen LogP contribution is 2.22. The smallest absolute Gasteiger partial charge is 0.282 e. The summed E-state index contributed by atoms with van der Waals surface area (Å²) < 4.78 is 28.9. The third-order valence-corrected chi connectivity index (χ3v) is 7.54. The number of rotatable bonds is 5. The van der Waals surface area contributed by atoms with E-state index in [0.717, 1.165) is 48.8 Å². The molecule has 1 N–H and O–H groups in total. The minimum absolute atomic E-state index is 0.0812. The Morgan fingerprint density at radius 1 is 1.07 bits per heavy atom. The van der Waals surface area contributed by atoms with Gasteiger partial charge in [0.1, 0.15) is 0 Å². The molecule has 3 rings (SSSR count). The number of nitrogens with zero attached hydrogens (tertiary/aromatic N) is 2. The molecule has 0 radical (unpaired) electrons. The summed E-state index contributed by atoms with van der Waals surface area (Å²) in [5.41, 5.74) is 3.23. The highest BCUT2D eigenvalue weighted by molar-refractivity contribution is 7.86. The molecule has 150 valence electrons. The van der Waals surface area contributed by atoms with Crippen LogP contribution in [0.2, 0.25) is 0 Å². The first-order valence-electron chi connectivity index (χ1n) is 9.97. The first kappa shape index (κ1) is 20.3. The van der Waals surface area contributed by atoms with E-state index in [2.05, 4.69) is 5.32 Å². The molecule has 1 aromatic carbocycles. The van der Waals surface area contributed by atoms with Gasteiger partial charge in [-0.1, -0.05) is 43.0 Å². The summed E-state index contributed by atoms with van der Waals surface area (Å²) in [5.74, 6) is -0.181. The van der Waals surface area contributed by atoms with Crippen molar-refractivity contribution < 1.29 is 13.2 Å². The zero-order chi connectivity index (χ0) is 19.4. The summed E-state index contributed by atoms with van der Waals surface area (Å²) in [6.07, 6.45) is 6.22. The predicted octanol–water partition coefficient (Wildman–Crippen LogP) is 2.50. The summed E-state index contributed by atoms with van der Waals surface area (Å²) in [6, 6.07) is 6.30. The van der Waals surface area contributed by atoms with Crippen LogP contribution in [0.15, 0.2) is 18.2 Å². The average molecular weight is 394 g/mol. The Morgan fingerprint density at radius 2 is 1.78 bits per heavy atom. The van der Waals surface area contributed by atoms with Gasteiger partial charge in [0.25, 0.3) is 10.2 Å². The summed E-state index contributed by atoms with van der Waals surface area (Å²) in [4.78, 5) is 12.4. The SMILES string of the molecule is Cc1ccc(C)c(CN2CCCN(CC(=O)NC3CCCCC3)S2(=O)=O)c1. The molecule has 2 aliphatic rings. The maximum absolute atomic E-state index is 13.0. The van der Waals surface area contributed by atoms with Gasteiger partial charge < -0.3 is 5.32 Å². The molecule has 1 saturated carbocycles. The largest absolute Gasteiger partial charge is 0.352 e. The van der Waals surface area contributed by atoms with E-state index in [-0.39, 0.29) is 18.5 Å². The van der Waals surface area contributed by atoms with Crippen LogP contribution in [0.3, 0.4) is 0 Å². The van der Waals surface area contributed by atoms with Crippen LogP contribution < -0.4 is 5.32 Å². The molecule has 6 nitrogen and oxygen atoms in total. The maximum atomic E-state index is 13.0. The fourth-order valence-electron chi connectivity index (χ4n) is 3.98. The van der Waals surface area contributed by atoms with Crippen LogP contribution in [0.5, 0.6) is 0 Å². The van der Waals surface area contributed by atoms with Gasteiger partial charge in [-0.3, -0.25) is 4.79 Å². The Labute approximate surface area is 163 Å². The van der Waals surface area contributed by atoms with Crippen LogP contribution in [0.4, 0.5) is 0 Å². The van der Waals surface area contributed by atoms with Crippen molar-refractivity contribution in [3.05, 3.63) is 34.9 Å². The second kappa shape index (κ2) is 8.71. The lowest BCUT2D eigenvalue weighted by Crippen LogP contribution is -2.53. The Balaban J connectivity index is 1.64. The Morgan fingerprint density at radius 3 is 2.52 bits per heavy atom. The molecule has 1 aliphatic heterocycles. The lowest BCUT2D eigenvalue weighted by atomic mass is 9.95. The maximum Gasteiger partial charge on any atom is 0.282 e. The zero-order valence-electron chi connectivity index (χ0n) is 16.4. The van der Waals surface area contributed by atoms with Gasteiger partial charge >= 0.3 is 0 Å². The topological polar surface area (TPSA) is 69.7 Å². The molecule has 1 saturated heterocycles. The van der Waals surface area contributed by atoms with Gasteiger partial charge in [-0.15, -0.1) is 0 Å². The highest BCUT2D eigenvalue weighted by Gasteiger charge is 2.35. The molecule has 1 aromatic rings. The quantitative estimate of drug-likeness (QED) is 0.836. The van der Waals surface area contributed by atoms with E-state index in [4.69, 9.17) is 0 Å². The van der Waals surface area contributed by atoms with Crippen molar-refractivity contribution in [2.24, 2.45) is 0 Å². The van der Waals surface area contributed by atoms with E-state index >= 15 is 0 Å². The molecule has 0 aromatic heterocycles. The molecule has 1 heterocycles. The first-order chi connectivity index (χ1) is 12.9. The lowest BCUT2D eigenvalue weighted by Gasteiger charge is -2.35. The third kappa shape index (κ3) is 5.09. The Bertz CT molecular complexity index is 773. The van der Waals surface area contributed by atoms with E-state index in [1.54, 1.807) is 0 Å². The van der Waals surface area contributed by atoms with Crippen molar-refractivity contribution in [2.45, 2.75) is 65.0 Å². The standard InChI is InChI=1S/C20H31N3O3S/c1-16-9-10-17(2)18(13-16)14-22-11-6-12-23(27(22,25)26)15-20(24)21-19-7-4-3-5-8-19/h9-10,13,19H,3-8,11-12,14-15H2,1-2H3,(H,21,24). The number of hydrogen-bond acceptors (Lipinski definition) is 3. The van der Waals surface area contributed by atoms with Gasteiger partial charge in [-0.25, -0.2) is 0 Å². The Hall–Kier alpha value is -1.44. The summed E-state index contributed by atoms with van der Waals surface area (Å²) in [6.45, 7) is 5.19. The zero-order valence-corrected chi connectivity index (χ0v) is 17.2. The van der Waals surface area contributed by atoms with Crippen molar-refractivity contribution in [3.8, 4) is 0 Å². The summed E-state index contributed by atoms with van der Waals surface area (Å²) >= 11 is 0. The number of aryl methyl sites for hydroxylation is 2. The number of carbonyl (C=O) groups excluding carboxylic acids is 1. The van der Waals surface area contributed by atoms with Gasteiger partial charge in [0.2, 0.25) is 5.91 Å². The van der Waals surface area contributed by atoms with Crippen LogP contribution in [0.1, 0.15) is 55.2 Å². The fraction of sp³-hybridized carbons (Fsp3) is 0.650. The molecular formula is C20H31N3O3S. The average Bonchev–Trinajstić information content (AvgIpc) is 2.62. The summed E-state index contributed by atoms with van der Waals surface area (Å²) in [7, 11) is -3.62. The van der Waals surface area contributed by atoms with Crippen LogP contribution in [-0.4, -0.2) is 48.6 Å². The molecule has 7 heteroatoms. The molecule has 27 heavy (non-hydrogen) atoms. The molecular weight excluding hydrogens is 362 g/mol. The molecule has 1 aliphatic carbocycles. The minimum Gasteiger partial charge on any atom is -0.352 e. The third-order valence-electron chi connectivity index (χ3n) is 5.61. The van der Waals surface area contributed by atoms with Gasteiger partial charge in [0, 0.05) is 25.7 Å². The first-order valence-corrected chi connectivity index (χ1v) is 11.4. The summed E-state index contributed by atoms with van der Waals surface area (Å²) in [5, 5.41) is 3.02. The number of benzene rings is 1. The molecule has 0 spiro atoms. The van der Waals surface area contributed by atoms with E-state index in [9.17, 15) is 13.2 Å². The molecule has 1 amide bonds. The van der Waals surface area contributed by atoms with Crippen molar-refractivity contribution in [3.63, 3.8) is 0 Å². The van der Waals surface area contributed by atoms with Crippen LogP contribution in [0.25, 0.3) is 0 Å². The van der Waals surface area contributed by atoms with Gasteiger partial charge in [0.05, 0.1) is 6.54 Å². The van der Waals surface area contributed by atoms with E-state index in [1.165, 1.54) is 15.0 Å². The van der Waals surface area contributed by atoms with E-state index in [1.807, 2.05) is 32.0 Å². The number of nitrogens with one attached hydrogen (secondary N) is 1. The number of amides is 1. The molecule has 2 fully saturated rings. The Kier molecular flexibility index (Phi) is 6.55. The second-order valence-corrected chi connectivity index (χ2v) is 9.79. The second-order valence-electron chi connectivity index (χ2n) is 7.86. The minimum atomic E-state index is -3.62. The molecule has 0 unspecified atom stereocenters. The van der Waals surface area contributed by atoms with Gasteiger partial charge in [-0.2, -0.15) is 17.0 Å². The van der Waals surface area contributed by atoms with Crippen LogP contribution in [0, 0.1) is 13.8 Å².